The van der Waals surface area contributed by atoms with E-state index in [2.05, 4.69) is 57.0 Å². The van der Waals surface area contributed by atoms with Crippen LogP contribution in [-0.2, 0) is 0 Å². The van der Waals surface area contributed by atoms with Gasteiger partial charge in [0.15, 0.2) is 4.80 Å². The smallest absolute Gasteiger partial charge is 0.271 e. The van der Waals surface area contributed by atoms with Gasteiger partial charge in [0.2, 0.25) is 0 Å². The molecule has 1 unspecified atom stereocenters. The van der Waals surface area contributed by atoms with Crippen LogP contribution in [0.2, 0.25) is 0 Å². The summed E-state index contributed by atoms with van der Waals surface area (Å²) in [7, 11) is 1.69. The third kappa shape index (κ3) is 3.43. The van der Waals surface area contributed by atoms with E-state index < -0.39 is 0 Å². The molecule has 0 N–H and O–H groups in total. The SMILES string of the molecule is COc1cc(C)c(C2C=C(C)N=c3s/c(=C\c4ccc(C)cc4)c(=O)n32)c(C)c1C. The van der Waals surface area contributed by atoms with Gasteiger partial charge in [-0.1, -0.05) is 41.2 Å². The molecular formula is C25H26N2O2S. The molecular weight excluding hydrogens is 392 g/mol. The Bertz CT molecular complexity index is 1340. The van der Waals surface area contributed by atoms with Crippen molar-refractivity contribution in [3.63, 3.8) is 0 Å². The molecule has 1 aliphatic rings. The summed E-state index contributed by atoms with van der Waals surface area (Å²) in [6, 6.07) is 10.1. The third-order valence-corrected chi connectivity index (χ3v) is 6.77. The van der Waals surface area contributed by atoms with Crippen LogP contribution in [0.25, 0.3) is 6.08 Å². The fraction of sp³-hybridized carbons (Fsp3) is 0.280. The number of allylic oxidation sites excluding steroid dienone is 2. The van der Waals surface area contributed by atoms with Crippen LogP contribution in [0, 0.1) is 27.7 Å². The van der Waals surface area contributed by atoms with E-state index in [-0.39, 0.29) is 11.6 Å². The molecule has 30 heavy (non-hydrogen) atoms. The van der Waals surface area contributed by atoms with Crippen molar-refractivity contribution < 1.29 is 4.74 Å². The number of benzene rings is 2. The second kappa shape index (κ2) is 7.73. The fourth-order valence-electron chi connectivity index (χ4n) is 4.06. The highest BCUT2D eigenvalue weighted by atomic mass is 32.1. The normalized spacial score (nSPS) is 16.1. The van der Waals surface area contributed by atoms with Gasteiger partial charge in [0.1, 0.15) is 5.75 Å². The molecule has 4 rings (SSSR count). The molecule has 0 spiro atoms. The first-order valence-corrected chi connectivity index (χ1v) is 10.8. The van der Waals surface area contributed by atoms with Crippen LogP contribution >= 0.6 is 11.3 Å². The lowest BCUT2D eigenvalue weighted by molar-refractivity contribution is 0.410. The van der Waals surface area contributed by atoms with E-state index in [1.165, 1.54) is 16.9 Å². The minimum absolute atomic E-state index is 0.000320. The first-order valence-electron chi connectivity index (χ1n) is 10.0. The number of aryl methyl sites for hydroxylation is 2. The molecule has 4 nitrogen and oxygen atoms in total. The molecule has 154 valence electrons. The van der Waals surface area contributed by atoms with Crippen LogP contribution in [0.15, 0.2) is 51.9 Å². The zero-order valence-electron chi connectivity index (χ0n) is 18.2. The molecule has 0 aliphatic carbocycles. The second-order valence-electron chi connectivity index (χ2n) is 7.90. The monoisotopic (exact) mass is 418 g/mol. The Kier molecular flexibility index (Phi) is 5.24. The number of thiazole rings is 1. The first-order chi connectivity index (χ1) is 14.3. The van der Waals surface area contributed by atoms with Crippen molar-refractivity contribution >= 4 is 17.4 Å². The molecule has 0 fully saturated rings. The Hall–Kier alpha value is -2.92. The summed E-state index contributed by atoms with van der Waals surface area (Å²) >= 11 is 1.45. The predicted molar refractivity (Wildman–Crippen MR) is 123 cm³/mol. The fourth-order valence-corrected chi connectivity index (χ4v) is 5.12. The third-order valence-electron chi connectivity index (χ3n) is 5.79. The molecule has 0 radical (unpaired) electrons. The highest BCUT2D eigenvalue weighted by Gasteiger charge is 2.25. The minimum atomic E-state index is -0.175. The van der Waals surface area contributed by atoms with E-state index in [1.54, 1.807) is 7.11 Å². The van der Waals surface area contributed by atoms with Crippen molar-refractivity contribution in [3.05, 3.63) is 95.2 Å². The maximum Gasteiger partial charge on any atom is 0.271 e. The summed E-state index contributed by atoms with van der Waals surface area (Å²) in [5.74, 6) is 0.876. The number of methoxy groups -OCH3 is 1. The van der Waals surface area contributed by atoms with Gasteiger partial charge in [-0.15, -0.1) is 0 Å². The highest BCUT2D eigenvalue weighted by molar-refractivity contribution is 7.07. The summed E-state index contributed by atoms with van der Waals surface area (Å²) in [4.78, 5) is 18.9. The van der Waals surface area contributed by atoms with Crippen LogP contribution in [0.4, 0.5) is 0 Å². The molecule has 1 atom stereocenters. The number of hydrogen-bond acceptors (Lipinski definition) is 4. The average molecular weight is 419 g/mol. The Morgan fingerprint density at radius 2 is 1.77 bits per heavy atom. The number of aromatic nitrogens is 1. The summed E-state index contributed by atoms with van der Waals surface area (Å²) in [6.07, 6.45) is 4.04. The zero-order valence-corrected chi connectivity index (χ0v) is 19.1. The summed E-state index contributed by atoms with van der Waals surface area (Å²) in [6.45, 7) is 10.3. The number of nitrogens with zero attached hydrogens (tertiary/aromatic N) is 2. The topological polar surface area (TPSA) is 43.6 Å². The Morgan fingerprint density at radius 1 is 1.07 bits per heavy atom. The van der Waals surface area contributed by atoms with E-state index in [9.17, 15) is 4.79 Å². The van der Waals surface area contributed by atoms with E-state index in [0.717, 1.165) is 44.1 Å². The van der Waals surface area contributed by atoms with Gasteiger partial charge < -0.3 is 4.74 Å². The van der Waals surface area contributed by atoms with E-state index >= 15 is 0 Å². The highest BCUT2D eigenvalue weighted by Crippen LogP contribution is 2.34. The van der Waals surface area contributed by atoms with Crippen molar-refractivity contribution in [1.29, 1.82) is 0 Å². The van der Waals surface area contributed by atoms with Crippen LogP contribution in [0.1, 0.15) is 46.3 Å². The van der Waals surface area contributed by atoms with E-state index in [4.69, 9.17) is 4.74 Å². The number of fused-ring (bicyclic) bond motifs is 1. The molecule has 2 heterocycles. The molecule has 3 aromatic rings. The molecule has 0 saturated carbocycles. The van der Waals surface area contributed by atoms with E-state index in [0.29, 0.717) is 4.53 Å². The van der Waals surface area contributed by atoms with Crippen molar-refractivity contribution in [1.82, 2.24) is 4.57 Å². The van der Waals surface area contributed by atoms with Gasteiger partial charge in [-0.3, -0.25) is 9.36 Å². The van der Waals surface area contributed by atoms with Crippen LogP contribution in [0.5, 0.6) is 5.75 Å². The average Bonchev–Trinajstić information content (AvgIpc) is 3.01. The van der Waals surface area contributed by atoms with Gasteiger partial charge in [0.05, 0.1) is 17.7 Å². The van der Waals surface area contributed by atoms with Gasteiger partial charge in [0, 0.05) is 5.70 Å². The number of hydrogen-bond donors (Lipinski definition) is 0. The van der Waals surface area contributed by atoms with Crippen molar-refractivity contribution in [2.24, 2.45) is 4.99 Å². The predicted octanol–water partition coefficient (Wildman–Crippen LogP) is 4.11. The number of ether oxygens (including phenoxy) is 1. The van der Waals surface area contributed by atoms with E-state index in [1.807, 2.05) is 29.7 Å². The van der Waals surface area contributed by atoms with Crippen LogP contribution < -0.4 is 19.6 Å². The van der Waals surface area contributed by atoms with Gasteiger partial charge in [-0.05, 0) is 80.7 Å². The molecule has 0 saturated heterocycles. The standard InChI is InChI=1S/C25H26N2O2S/c1-14-7-9-19(10-8-14)13-22-24(28)27-20(12-16(3)26-25(27)30-22)23-15(2)11-21(29-6)17(4)18(23)5/h7-13,20H,1-6H3/b22-13-. The minimum Gasteiger partial charge on any atom is -0.496 e. The molecule has 0 bridgehead atoms. The maximum atomic E-state index is 13.4. The van der Waals surface area contributed by atoms with Crippen LogP contribution in [0.3, 0.4) is 0 Å². The lowest BCUT2D eigenvalue weighted by Gasteiger charge is -2.24. The number of rotatable bonds is 3. The van der Waals surface area contributed by atoms with Crippen molar-refractivity contribution in [3.8, 4) is 5.75 Å². The Morgan fingerprint density at radius 3 is 2.43 bits per heavy atom. The molecule has 1 aliphatic heterocycles. The lowest BCUT2D eigenvalue weighted by atomic mass is 9.91. The Labute approximate surface area is 180 Å². The lowest BCUT2D eigenvalue weighted by Crippen LogP contribution is -2.36. The zero-order chi connectivity index (χ0) is 21.6. The Balaban J connectivity index is 1.94. The van der Waals surface area contributed by atoms with Gasteiger partial charge in [0.25, 0.3) is 5.56 Å². The summed E-state index contributed by atoms with van der Waals surface area (Å²) in [5.41, 5.74) is 7.65. The molecule has 5 heteroatoms. The molecule has 2 aromatic carbocycles. The quantitative estimate of drug-likeness (QED) is 0.643. The molecule has 1 aromatic heterocycles. The largest absolute Gasteiger partial charge is 0.496 e. The maximum absolute atomic E-state index is 13.4. The van der Waals surface area contributed by atoms with Gasteiger partial charge in [-0.2, -0.15) is 0 Å². The van der Waals surface area contributed by atoms with Gasteiger partial charge >= 0.3 is 0 Å². The summed E-state index contributed by atoms with van der Waals surface area (Å²) < 4.78 is 8.07. The first kappa shape index (κ1) is 20.4. The van der Waals surface area contributed by atoms with Crippen LogP contribution in [-0.4, -0.2) is 11.7 Å². The van der Waals surface area contributed by atoms with Crippen molar-refractivity contribution in [2.45, 2.75) is 40.7 Å². The summed E-state index contributed by atoms with van der Waals surface area (Å²) in [5, 5.41) is 0. The van der Waals surface area contributed by atoms with Crippen molar-refractivity contribution in [2.75, 3.05) is 7.11 Å². The molecule has 0 amide bonds. The van der Waals surface area contributed by atoms with Gasteiger partial charge in [-0.25, -0.2) is 4.99 Å². The second-order valence-corrected chi connectivity index (χ2v) is 8.91.